The first kappa shape index (κ1) is 26.9. The molecule has 0 aliphatic carbocycles. The number of fused-ring (bicyclic) bond motifs is 1. The maximum absolute atomic E-state index is 13.4. The van der Waals surface area contributed by atoms with Gasteiger partial charge in [-0.05, 0) is 55.8 Å². The quantitative estimate of drug-likeness (QED) is 0.285. The lowest BCUT2D eigenvalue weighted by Gasteiger charge is -2.35. The van der Waals surface area contributed by atoms with Gasteiger partial charge in [0, 0.05) is 32.6 Å². The molecule has 3 heterocycles. The number of rotatable bonds is 7. The molecule has 1 saturated heterocycles. The fourth-order valence-electron chi connectivity index (χ4n) is 5.19. The van der Waals surface area contributed by atoms with Gasteiger partial charge in [0.05, 0.1) is 28.8 Å². The molecular formula is C31H32N6O3S. The molecule has 1 aliphatic rings. The van der Waals surface area contributed by atoms with E-state index >= 15 is 0 Å². The molecule has 6 rings (SSSR count). The van der Waals surface area contributed by atoms with Crippen LogP contribution < -0.4 is 9.64 Å². The van der Waals surface area contributed by atoms with Gasteiger partial charge in [-0.15, -0.1) is 0 Å². The zero-order valence-corrected chi connectivity index (χ0v) is 24.2. The van der Waals surface area contributed by atoms with Crippen molar-refractivity contribution in [3.8, 4) is 11.4 Å². The zero-order valence-electron chi connectivity index (χ0n) is 23.4. The summed E-state index contributed by atoms with van der Waals surface area (Å²) in [6.45, 7) is 5.74. The number of nitrogens with zero attached hydrogens (tertiary/aromatic N) is 6. The third-order valence-electron chi connectivity index (χ3n) is 7.45. The molecule has 1 aliphatic heterocycles. The number of anilines is 1. The Balaban J connectivity index is 1.35. The molecule has 0 unspecified atom stereocenters. The average Bonchev–Trinajstić information content (AvgIpc) is 3.34. The normalized spacial score (nSPS) is 14.5. The Bertz CT molecular complexity index is 1780. The van der Waals surface area contributed by atoms with Crippen molar-refractivity contribution in [1.82, 2.24) is 24.1 Å². The highest BCUT2D eigenvalue weighted by atomic mass is 32.2. The topological polar surface area (TPSA) is 93.5 Å². The Morgan fingerprint density at radius 3 is 2.17 bits per heavy atom. The van der Waals surface area contributed by atoms with Crippen molar-refractivity contribution >= 4 is 26.9 Å². The first-order chi connectivity index (χ1) is 19.8. The number of aryl methyl sites for hydroxylation is 2. The van der Waals surface area contributed by atoms with Crippen LogP contribution in [-0.4, -0.2) is 65.8 Å². The van der Waals surface area contributed by atoms with E-state index in [1.54, 1.807) is 31.4 Å². The maximum Gasteiger partial charge on any atom is 0.243 e. The Morgan fingerprint density at radius 2 is 1.51 bits per heavy atom. The van der Waals surface area contributed by atoms with E-state index in [1.807, 2.05) is 41.9 Å². The number of piperazine rings is 1. The third kappa shape index (κ3) is 5.28. The lowest BCUT2D eigenvalue weighted by atomic mass is 10.1. The number of methoxy groups -OCH3 is 1. The van der Waals surface area contributed by atoms with E-state index in [9.17, 15) is 8.42 Å². The summed E-state index contributed by atoms with van der Waals surface area (Å²) in [5.74, 6) is 2.11. The first-order valence-corrected chi connectivity index (χ1v) is 15.0. The van der Waals surface area contributed by atoms with Crippen molar-refractivity contribution in [2.75, 3.05) is 38.2 Å². The predicted molar refractivity (Wildman–Crippen MR) is 159 cm³/mol. The molecular weight excluding hydrogens is 536 g/mol. The number of para-hydroxylation sites is 1. The summed E-state index contributed by atoms with van der Waals surface area (Å²) >= 11 is 0. The maximum atomic E-state index is 13.4. The van der Waals surface area contributed by atoms with E-state index in [2.05, 4.69) is 36.1 Å². The van der Waals surface area contributed by atoms with E-state index in [-0.39, 0.29) is 4.90 Å². The minimum atomic E-state index is -3.63. The summed E-state index contributed by atoms with van der Waals surface area (Å²) in [4.78, 5) is 12.5. The number of benzene rings is 3. The molecule has 9 nitrogen and oxygen atoms in total. The first-order valence-electron chi connectivity index (χ1n) is 13.6. The van der Waals surface area contributed by atoms with Crippen molar-refractivity contribution in [1.29, 1.82) is 0 Å². The van der Waals surface area contributed by atoms with Gasteiger partial charge in [0.25, 0.3) is 0 Å². The lowest BCUT2D eigenvalue weighted by molar-refractivity contribution is 0.383. The summed E-state index contributed by atoms with van der Waals surface area (Å²) in [5.41, 5.74) is 4.82. The number of aromatic nitrogens is 4. The number of hydrogen-bond acceptors (Lipinski definition) is 7. The fourth-order valence-corrected chi connectivity index (χ4v) is 6.61. The second kappa shape index (κ2) is 10.9. The lowest BCUT2D eigenvalue weighted by Crippen LogP contribution is -2.49. The molecule has 41 heavy (non-hydrogen) atoms. The van der Waals surface area contributed by atoms with E-state index in [0.29, 0.717) is 44.2 Å². The molecule has 0 amide bonds. The van der Waals surface area contributed by atoms with Gasteiger partial charge in [-0.25, -0.2) is 23.1 Å². The van der Waals surface area contributed by atoms with E-state index < -0.39 is 10.0 Å². The molecule has 3 aromatic carbocycles. The van der Waals surface area contributed by atoms with Crippen LogP contribution >= 0.6 is 0 Å². The largest absolute Gasteiger partial charge is 0.497 e. The van der Waals surface area contributed by atoms with Gasteiger partial charge >= 0.3 is 0 Å². The van der Waals surface area contributed by atoms with Gasteiger partial charge in [-0.3, -0.25) is 0 Å². The van der Waals surface area contributed by atoms with Crippen LogP contribution in [0.25, 0.3) is 16.7 Å². The molecule has 10 heteroatoms. The van der Waals surface area contributed by atoms with Gasteiger partial charge < -0.3 is 9.64 Å². The smallest absolute Gasteiger partial charge is 0.243 e. The molecule has 5 aromatic rings. The SMILES string of the molecule is COc1ccc(S(=O)(=O)N2CCN(c3nc(Cc4ccc(C)cc4)nc4c3c(C)nn4-c3ccccc3)CC2)cc1. The van der Waals surface area contributed by atoms with Crippen molar-refractivity contribution in [3.05, 3.63) is 102 Å². The molecule has 0 N–H and O–H groups in total. The number of hydrogen-bond donors (Lipinski definition) is 0. The van der Waals surface area contributed by atoms with Crippen molar-refractivity contribution in [2.45, 2.75) is 25.2 Å². The summed E-state index contributed by atoms with van der Waals surface area (Å²) in [7, 11) is -2.07. The average molecular weight is 569 g/mol. The van der Waals surface area contributed by atoms with E-state index in [4.69, 9.17) is 19.8 Å². The summed E-state index contributed by atoms with van der Waals surface area (Å²) in [6, 6.07) is 24.9. The minimum Gasteiger partial charge on any atom is -0.497 e. The van der Waals surface area contributed by atoms with Crippen LogP contribution in [0.15, 0.2) is 83.8 Å². The Labute approximate surface area is 240 Å². The van der Waals surface area contributed by atoms with Crippen LogP contribution in [0.2, 0.25) is 0 Å². The number of ether oxygens (including phenoxy) is 1. The Kier molecular flexibility index (Phi) is 7.19. The van der Waals surface area contributed by atoms with Crippen LogP contribution in [0.5, 0.6) is 5.75 Å². The van der Waals surface area contributed by atoms with Crippen molar-refractivity contribution in [2.24, 2.45) is 0 Å². The summed E-state index contributed by atoms with van der Waals surface area (Å²) in [6.07, 6.45) is 0.577. The van der Waals surface area contributed by atoms with Gasteiger partial charge in [0.2, 0.25) is 10.0 Å². The molecule has 1 fully saturated rings. The fraction of sp³-hybridized carbons (Fsp3) is 0.258. The van der Waals surface area contributed by atoms with Crippen LogP contribution in [0.1, 0.15) is 22.6 Å². The third-order valence-corrected chi connectivity index (χ3v) is 9.36. The molecule has 0 radical (unpaired) electrons. The van der Waals surface area contributed by atoms with E-state index in [0.717, 1.165) is 33.8 Å². The monoisotopic (exact) mass is 568 g/mol. The predicted octanol–water partition coefficient (Wildman–Crippen LogP) is 4.54. The molecule has 0 saturated carbocycles. The van der Waals surface area contributed by atoms with Crippen LogP contribution in [0.3, 0.4) is 0 Å². The van der Waals surface area contributed by atoms with Gasteiger partial charge in [0.15, 0.2) is 5.65 Å². The Morgan fingerprint density at radius 1 is 0.829 bits per heavy atom. The minimum absolute atomic E-state index is 0.261. The highest BCUT2D eigenvalue weighted by molar-refractivity contribution is 7.89. The Hall–Kier alpha value is -4.28. The molecule has 210 valence electrons. The second-order valence-corrected chi connectivity index (χ2v) is 12.2. The highest BCUT2D eigenvalue weighted by Gasteiger charge is 2.31. The van der Waals surface area contributed by atoms with Crippen LogP contribution in [0, 0.1) is 13.8 Å². The molecule has 0 atom stereocenters. The van der Waals surface area contributed by atoms with Gasteiger partial charge in [0.1, 0.15) is 17.4 Å². The highest BCUT2D eigenvalue weighted by Crippen LogP contribution is 2.31. The van der Waals surface area contributed by atoms with E-state index in [1.165, 1.54) is 9.87 Å². The summed E-state index contributed by atoms with van der Waals surface area (Å²) < 4.78 is 35.3. The van der Waals surface area contributed by atoms with Crippen molar-refractivity contribution < 1.29 is 13.2 Å². The van der Waals surface area contributed by atoms with Gasteiger partial charge in [-0.1, -0.05) is 48.0 Å². The standard InChI is InChI=1S/C31H32N6O3S/c1-22-9-11-24(12-10-22)21-28-32-30(29-23(2)34-37(31(29)33-28)25-7-5-4-6-8-25)35-17-19-36(20-18-35)41(38,39)27-15-13-26(40-3)14-16-27/h4-16H,17-21H2,1-3H3. The molecule has 2 aromatic heterocycles. The molecule has 0 bridgehead atoms. The van der Waals surface area contributed by atoms with Crippen molar-refractivity contribution in [3.63, 3.8) is 0 Å². The zero-order chi connectivity index (χ0) is 28.6. The molecule has 0 spiro atoms. The summed E-state index contributed by atoms with van der Waals surface area (Å²) in [5, 5.41) is 5.74. The van der Waals surface area contributed by atoms with Gasteiger partial charge in [-0.2, -0.15) is 9.40 Å². The second-order valence-electron chi connectivity index (χ2n) is 10.2. The number of sulfonamides is 1. The van der Waals surface area contributed by atoms with Crippen LogP contribution in [0.4, 0.5) is 5.82 Å². The van der Waals surface area contributed by atoms with Crippen LogP contribution in [-0.2, 0) is 16.4 Å².